The number of carboxylic acids is 4. The topological polar surface area (TPSA) is 275 Å². The van der Waals surface area contributed by atoms with Gasteiger partial charge in [0.2, 0.25) is 0 Å². The van der Waals surface area contributed by atoms with E-state index in [1.165, 1.54) is 0 Å². The van der Waals surface area contributed by atoms with E-state index >= 15 is 0 Å². The molecule has 19 heteroatoms. The van der Waals surface area contributed by atoms with E-state index in [0.29, 0.717) is 25.7 Å². The quantitative estimate of drug-likeness (QED) is 0.0915. The van der Waals surface area contributed by atoms with Gasteiger partial charge in [0.25, 0.3) is 0 Å². The standard InChI is InChI=1S/2C12H22O7S.3Mn/c2*1-3-5-6-9(4-2)7-12(11(15)16,8-10(13)14)20(17,18)19;;;/h2*9H,3-8H2,1-2H3,(H,13,14)(H,15,16)(H,17,18,19);;;/q;;3*+2/p-6. The first-order valence-corrected chi connectivity index (χ1v) is 15.8. The Morgan fingerprint density at radius 1 is 0.581 bits per heavy atom. The molecule has 0 N–H and O–H groups in total. The third-order valence-corrected chi connectivity index (χ3v) is 9.75. The molecule has 14 nitrogen and oxygen atoms in total. The first-order valence-electron chi connectivity index (χ1n) is 12.9. The van der Waals surface area contributed by atoms with Gasteiger partial charge in [-0.15, -0.1) is 0 Å². The molecule has 0 amide bonds. The van der Waals surface area contributed by atoms with E-state index in [4.69, 9.17) is 0 Å². The minimum absolute atomic E-state index is 0. The van der Waals surface area contributed by atoms with Crippen molar-refractivity contribution in [3.05, 3.63) is 0 Å². The van der Waals surface area contributed by atoms with Crippen molar-refractivity contribution in [2.45, 2.75) is 114 Å². The van der Waals surface area contributed by atoms with Crippen LogP contribution in [0.4, 0.5) is 0 Å². The zero-order valence-corrected chi connectivity index (χ0v) is 29.5. The van der Waals surface area contributed by atoms with Gasteiger partial charge in [-0.2, -0.15) is 0 Å². The van der Waals surface area contributed by atoms with E-state index < -0.39 is 79.3 Å². The zero-order valence-electron chi connectivity index (χ0n) is 24.3. The van der Waals surface area contributed by atoms with Crippen molar-refractivity contribution in [1.29, 1.82) is 0 Å². The van der Waals surface area contributed by atoms with Crippen LogP contribution in [0.25, 0.3) is 0 Å². The van der Waals surface area contributed by atoms with Gasteiger partial charge in [0, 0.05) is 24.8 Å². The summed E-state index contributed by atoms with van der Waals surface area (Å²) in [5.41, 5.74) is 0. The summed E-state index contributed by atoms with van der Waals surface area (Å²) in [6, 6.07) is 0. The van der Waals surface area contributed by atoms with Crippen molar-refractivity contribution >= 4 is 44.1 Å². The second-order valence-electron chi connectivity index (χ2n) is 9.81. The Morgan fingerprint density at radius 3 is 0.977 bits per heavy atom. The zero-order chi connectivity index (χ0) is 31.9. The Bertz CT molecular complexity index is 985. The SMILES string of the molecule is CCCCC(CC)CC(CC(=O)[O-])(C(=O)[O-])S(=O)(=O)[O-].CCCCC(CC)CC(CC(=O)[O-])(C(=O)[O-])S(=O)(=O)[O-].[Mn+2].[Mn+2].[Mn+2]. The largest absolute Gasteiger partial charge is 2.00 e. The molecule has 0 bridgehead atoms. The minimum atomic E-state index is -5.38. The Kier molecular flexibility index (Phi) is 28.4. The predicted molar refractivity (Wildman–Crippen MR) is 130 cm³/mol. The number of carboxylic acid groups (broad SMARTS) is 4. The summed E-state index contributed by atoms with van der Waals surface area (Å²) in [4.78, 5) is 43.6. The Labute approximate surface area is 285 Å². The molecule has 0 spiro atoms. The molecule has 4 unspecified atom stereocenters. The Morgan fingerprint density at radius 2 is 0.837 bits per heavy atom. The Hall–Kier alpha value is -0.742. The molecule has 0 aliphatic heterocycles. The van der Waals surface area contributed by atoms with Gasteiger partial charge >= 0.3 is 51.2 Å². The molecule has 0 aromatic carbocycles. The molecule has 0 rings (SSSR count). The first-order chi connectivity index (χ1) is 18.2. The van der Waals surface area contributed by atoms with E-state index in [1.807, 2.05) is 13.8 Å². The molecule has 251 valence electrons. The summed E-state index contributed by atoms with van der Waals surface area (Å²) in [7, 11) is -10.8. The molecule has 0 aromatic rings. The van der Waals surface area contributed by atoms with Crippen LogP contribution in [0.5, 0.6) is 0 Å². The summed E-state index contributed by atoms with van der Waals surface area (Å²) >= 11 is 0. The van der Waals surface area contributed by atoms with Crippen molar-refractivity contribution in [1.82, 2.24) is 0 Å². The van der Waals surface area contributed by atoms with E-state index in [-0.39, 0.29) is 63.0 Å². The molecule has 0 heterocycles. The minimum Gasteiger partial charge on any atom is -0.747 e. The summed E-state index contributed by atoms with van der Waals surface area (Å²) in [6.07, 6.45) is 1.12. The predicted octanol–water partition coefficient (Wildman–Crippen LogP) is -2.47. The number of unbranched alkanes of at least 4 members (excludes halogenated alkanes) is 2. The number of rotatable bonds is 20. The molecular weight excluding hydrogens is 741 g/mol. The summed E-state index contributed by atoms with van der Waals surface area (Å²) in [5.74, 6) is -8.91. The van der Waals surface area contributed by atoms with Gasteiger partial charge in [-0.05, 0) is 24.7 Å². The van der Waals surface area contributed by atoms with Crippen molar-refractivity contribution in [3.8, 4) is 0 Å². The van der Waals surface area contributed by atoms with Crippen molar-refractivity contribution in [2.24, 2.45) is 11.8 Å². The number of hydrogen-bond acceptors (Lipinski definition) is 14. The van der Waals surface area contributed by atoms with Crippen LogP contribution in [-0.2, 0) is 90.6 Å². The molecule has 0 fully saturated rings. The Balaban J connectivity index is -0.000000209. The van der Waals surface area contributed by atoms with Crippen molar-refractivity contribution in [2.75, 3.05) is 0 Å². The molecule has 4 atom stereocenters. The third kappa shape index (κ3) is 16.9. The fourth-order valence-electron chi connectivity index (χ4n) is 4.33. The van der Waals surface area contributed by atoms with Crippen LogP contribution in [0.15, 0.2) is 0 Å². The molecule has 0 aliphatic rings. The van der Waals surface area contributed by atoms with Gasteiger partial charge in [-0.3, -0.25) is 0 Å². The first kappa shape index (κ1) is 51.8. The van der Waals surface area contributed by atoms with E-state index in [2.05, 4.69) is 0 Å². The second kappa shape index (κ2) is 23.6. The van der Waals surface area contributed by atoms with Gasteiger partial charge in [0.05, 0.1) is 11.9 Å². The van der Waals surface area contributed by atoms with Gasteiger partial charge in [-0.1, -0.05) is 79.1 Å². The fourth-order valence-corrected chi connectivity index (χ4v) is 6.20. The van der Waals surface area contributed by atoms with E-state index in [0.717, 1.165) is 25.7 Å². The number of carbonyl (C=O) groups is 4. The average molecular weight is 780 g/mol. The second-order valence-corrected chi connectivity index (χ2v) is 13.2. The molecular formula is C24H38Mn3O14S2. The number of carbonyl (C=O) groups excluding carboxylic acids is 4. The van der Waals surface area contributed by atoms with Crippen LogP contribution in [0.2, 0.25) is 0 Å². The normalized spacial score (nSPS) is 15.2. The van der Waals surface area contributed by atoms with Crippen molar-refractivity contribution in [3.63, 3.8) is 0 Å². The maximum Gasteiger partial charge on any atom is 2.00 e. The average Bonchev–Trinajstić information content (AvgIpc) is 2.80. The molecule has 0 aromatic heterocycles. The molecule has 0 saturated carbocycles. The molecule has 43 heavy (non-hydrogen) atoms. The summed E-state index contributed by atoms with van der Waals surface area (Å²) < 4.78 is 61.8. The van der Waals surface area contributed by atoms with Gasteiger partial charge < -0.3 is 48.7 Å². The molecule has 0 saturated heterocycles. The fraction of sp³-hybridized carbons (Fsp3) is 0.833. The van der Waals surface area contributed by atoms with Crippen LogP contribution in [-0.4, -0.2) is 59.3 Å². The third-order valence-electron chi connectivity index (χ3n) is 6.88. The van der Waals surface area contributed by atoms with Gasteiger partial charge in [0.1, 0.15) is 29.7 Å². The van der Waals surface area contributed by atoms with E-state index in [1.54, 1.807) is 13.8 Å². The number of hydrogen-bond donors (Lipinski definition) is 0. The van der Waals surface area contributed by atoms with Crippen LogP contribution in [0.1, 0.15) is 105 Å². The van der Waals surface area contributed by atoms with Crippen LogP contribution < -0.4 is 20.4 Å². The van der Waals surface area contributed by atoms with E-state index in [9.17, 15) is 65.5 Å². The van der Waals surface area contributed by atoms with Crippen molar-refractivity contribution < 1.29 is 117 Å². The maximum absolute atomic E-state index is 11.3. The van der Waals surface area contributed by atoms with Crippen LogP contribution >= 0.6 is 0 Å². The number of aliphatic carboxylic acids is 4. The monoisotopic (exact) mass is 779 g/mol. The van der Waals surface area contributed by atoms with Gasteiger partial charge in [-0.25, -0.2) is 16.8 Å². The maximum atomic E-state index is 11.3. The van der Waals surface area contributed by atoms with Crippen LogP contribution in [0, 0.1) is 11.8 Å². The smallest absolute Gasteiger partial charge is 0.747 e. The molecule has 0 aliphatic carbocycles. The van der Waals surface area contributed by atoms with Crippen LogP contribution in [0.3, 0.4) is 0 Å². The summed E-state index contributed by atoms with van der Waals surface area (Å²) in [5, 5.41) is 43.6. The summed E-state index contributed by atoms with van der Waals surface area (Å²) in [6.45, 7) is 7.25. The van der Waals surface area contributed by atoms with Gasteiger partial charge in [0.15, 0.2) is 0 Å². The molecule has 3 radical (unpaired) electrons.